The van der Waals surface area contributed by atoms with Crippen molar-refractivity contribution < 1.29 is 0 Å². The van der Waals surface area contributed by atoms with E-state index in [4.69, 9.17) is 10.8 Å². The number of nitrogens with two attached hydrogens (primary N) is 1. The lowest BCUT2D eigenvalue weighted by atomic mass is 9.84. The van der Waals surface area contributed by atoms with Gasteiger partial charge in [-0.25, -0.2) is 4.68 Å². The largest absolute Gasteiger partial charge is 0.382 e. The monoisotopic (exact) mass is 501 g/mol. The number of allylic oxidation sites excluding steroid dienone is 5. The van der Waals surface area contributed by atoms with E-state index >= 15 is 0 Å². The molecule has 7 nitrogen and oxygen atoms in total. The Morgan fingerprint density at radius 2 is 1.89 bits per heavy atom. The summed E-state index contributed by atoms with van der Waals surface area (Å²) in [6.07, 6.45) is 18.2. The van der Waals surface area contributed by atoms with Crippen LogP contribution in [0.15, 0.2) is 70.5 Å². The van der Waals surface area contributed by atoms with Gasteiger partial charge in [0.05, 0.1) is 17.5 Å². The number of aliphatic imine (C=N–C) groups is 1. The van der Waals surface area contributed by atoms with Crippen LogP contribution in [-0.2, 0) is 0 Å². The highest BCUT2D eigenvalue weighted by atomic mass is 15.4. The molecular weight excluding hydrogens is 458 g/mol. The predicted octanol–water partition coefficient (Wildman–Crippen LogP) is 6.07. The first kappa shape index (κ1) is 28.0. The number of hydrogen-bond donors (Lipinski definition) is 2. The van der Waals surface area contributed by atoms with E-state index < -0.39 is 0 Å². The fraction of sp³-hybridized carbons (Fsp3) is 0.433. The van der Waals surface area contributed by atoms with Gasteiger partial charge in [-0.3, -0.25) is 4.99 Å². The van der Waals surface area contributed by atoms with Crippen LogP contribution in [0.5, 0.6) is 0 Å². The van der Waals surface area contributed by atoms with Crippen molar-refractivity contribution in [2.24, 2.45) is 21.7 Å². The summed E-state index contributed by atoms with van der Waals surface area (Å²) in [6.45, 7) is 4.37. The molecule has 0 unspecified atom stereocenters. The minimum atomic E-state index is 0.442. The second-order valence-electron chi connectivity index (χ2n) is 9.64. The smallest absolute Gasteiger partial charge is 0.155 e. The van der Waals surface area contributed by atoms with Crippen LogP contribution >= 0.6 is 0 Å². The Kier molecular flexibility index (Phi) is 10.7. The molecule has 0 spiro atoms. The first-order valence-corrected chi connectivity index (χ1v) is 13.4. The number of hydrazone groups is 1. The topological polar surface area (TPSA) is 83.8 Å². The summed E-state index contributed by atoms with van der Waals surface area (Å²) in [5.74, 6) is 1.90. The molecule has 2 aliphatic rings. The van der Waals surface area contributed by atoms with Crippen LogP contribution in [0.1, 0.15) is 69.9 Å². The van der Waals surface area contributed by atoms with Crippen molar-refractivity contribution in [3.63, 3.8) is 0 Å². The number of benzene rings is 1. The number of nitrogens with zero attached hydrogens (tertiary/aromatic N) is 5. The van der Waals surface area contributed by atoms with Crippen LogP contribution in [0.25, 0.3) is 11.3 Å². The molecule has 2 heterocycles. The van der Waals surface area contributed by atoms with Crippen molar-refractivity contribution >= 4 is 29.1 Å². The summed E-state index contributed by atoms with van der Waals surface area (Å²) in [4.78, 5) is 6.08. The molecule has 1 fully saturated rings. The third-order valence-electron chi connectivity index (χ3n) is 6.86. The van der Waals surface area contributed by atoms with Crippen LogP contribution in [-0.4, -0.2) is 43.0 Å². The van der Waals surface area contributed by atoms with E-state index in [0.29, 0.717) is 11.8 Å². The molecule has 1 saturated carbocycles. The van der Waals surface area contributed by atoms with Crippen molar-refractivity contribution in [1.29, 1.82) is 0 Å². The molecule has 1 aliphatic heterocycles. The van der Waals surface area contributed by atoms with Gasteiger partial charge in [-0.05, 0) is 43.4 Å². The van der Waals surface area contributed by atoms with Gasteiger partial charge in [-0.2, -0.15) is 10.2 Å². The minimum absolute atomic E-state index is 0.442. The van der Waals surface area contributed by atoms with Gasteiger partial charge in [0.2, 0.25) is 0 Å². The average Bonchev–Trinajstić information content (AvgIpc) is 3.18. The molecule has 1 aromatic carbocycles. The Balaban J connectivity index is 0.000000356. The summed E-state index contributed by atoms with van der Waals surface area (Å²) in [5, 5.41) is 8.97. The molecule has 2 aromatic rings. The zero-order valence-corrected chi connectivity index (χ0v) is 23.1. The van der Waals surface area contributed by atoms with Gasteiger partial charge < -0.3 is 16.1 Å². The molecule has 0 atom stereocenters. The van der Waals surface area contributed by atoms with Crippen LogP contribution in [0.3, 0.4) is 0 Å². The zero-order chi connectivity index (χ0) is 26.6. The lowest BCUT2D eigenvalue weighted by Crippen LogP contribution is -2.24. The maximum absolute atomic E-state index is 6.21. The molecule has 1 aliphatic carbocycles. The SMILES string of the molecule is CCC1=CCC=NC=C1.CN/N=C(\N)c1cnn(/C(=C(\C)c2ccccc2)C2CCCCC2)c1N(C)C. The van der Waals surface area contributed by atoms with Gasteiger partial charge in [0.25, 0.3) is 0 Å². The lowest BCUT2D eigenvalue weighted by molar-refractivity contribution is 0.417. The van der Waals surface area contributed by atoms with Crippen LogP contribution in [0.2, 0.25) is 0 Å². The molecule has 3 N–H and O–H groups in total. The molecule has 1 aromatic heterocycles. The molecule has 0 bridgehead atoms. The number of nitrogens with one attached hydrogen (secondary N) is 1. The highest BCUT2D eigenvalue weighted by molar-refractivity contribution is 6.02. The van der Waals surface area contributed by atoms with E-state index in [0.717, 1.165) is 24.2 Å². The normalized spacial score (nSPS) is 16.8. The van der Waals surface area contributed by atoms with E-state index in [1.165, 1.54) is 54.5 Å². The van der Waals surface area contributed by atoms with Crippen molar-refractivity contribution in [1.82, 2.24) is 15.2 Å². The van der Waals surface area contributed by atoms with Crippen molar-refractivity contribution in [2.75, 3.05) is 26.0 Å². The lowest BCUT2D eigenvalue weighted by Gasteiger charge is -2.29. The highest BCUT2D eigenvalue weighted by Gasteiger charge is 2.27. The number of anilines is 1. The maximum Gasteiger partial charge on any atom is 0.155 e. The zero-order valence-electron chi connectivity index (χ0n) is 23.1. The Morgan fingerprint density at radius 1 is 1.16 bits per heavy atom. The van der Waals surface area contributed by atoms with Crippen molar-refractivity contribution in [3.8, 4) is 0 Å². The second-order valence-corrected chi connectivity index (χ2v) is 9.64. The fourth-order valence-corrected chi connectivity index (χ4v) is 4.95. The van der Waals surface area contributed by atoms with Crippen LogP contribution in [0.4, 0.5) is 5.82 Å². The van der Waals surface area contributed by atoms with Gasteiger partial charge in [0.1, 0.15) is 5.82 Å². The van der Waals surface area contributed by atoms with Crippen LogP contribution in [0, 0.1) is 5.92 Å². The summed E-state index contributed by atoms with van der Waals surface area (Å²) in [6, 6.07) is 10.6. The molecule has 198 valence electrons. The minimum Gasteiger partial charge on any atom is -0.382 e. The van der Waals surface area contributed by atoms with Crippen molar-refractivity contribution in [3.05, 3.63) is 71.6 Å². The highest BCUT2D eigenvalue weighted by Crippen LogP contribution is 2.39. The molecule has 0 radical (unpaired) electrons. The van der Waals surface area contributed by atoms with Crippen molar-refractivity contribution in [2.45, 2.75) is 58.8 Å². The first-order chi connectivity index (χ1) is 18.0. The number of aromatic nitrogens is 2. The Bertz CT molecular complexity index is 1140. The molecule has 0 saturated heterocycles. The Hall–Kier alpha value is -3.61. The number of amidine groups is 1. The van der Waals surface area contributed by atoms with Gasteiger partial charge in [-0.15, -0.1) is 0 Å². The molecule has 4 rings (SSSR count). The summed E-state index contributed by atoms with van der Waals surface area (Å²) >= 11 is 0. The van der Waals surface area contributed by atoms with E-state index in [1.54, 1.807) is 7.05 Å². The van der Waals surface area contributed by atoms with E-state index in [1.807, 2.05) is 32.7 Å². The quantitative estimate of drug-likeness (QED) is 0.274. The van der Waals surface area contributed by atoms with E-state index in [-0.39, 0.29) is 0 Å². The third kappa shape index (κ3) is 7.44. The standard InChI is InChI=1S/C22H32N6.C8H11N/c1-16(17-11-7-5-8-12-17)20(18-13-9-6-10-14-18)28-22(27(3)4)19(15-25-28)21(23)26-24-2;1-2-8-4-3-6-9-7-5-8/h5,7-8,11-12,15,18,24H,6,9-10,13-14H2,1-4H3,(H2,23,26);4-7H,2-3H2,1H3/b20-16+;. The van der Waals surface area contributed by atoms with E-state index in [2.05, 4.69) is 81.4 Å². The van der Waals surface area contributed by atoms with Crippen LogP contribution < -0.4 is 16.1 Å². The van der Waals surface area contributed by atoms with Gasteiger partial charge in [0, 0.05) is 45.9 Å². The summed E-state index contributed by atoms with van der Waals surface area (Å²) < 4.78 is 2.09. The molecule has 37 heavy (non-hydrogen) atoms. The third-order valence-corrected chi connectivity index (χ3v) is 6.86. The Labute approximate surface area is 222 Å². The fourth-order valence-electron chi connectivity index (χ4n) is 4.95. The number of hydrogen-bond acceptors (Lipinski definition) is 5. The Morgan fingerprint density at radius 3 is 2.54 bits per heavy atom. The van der Waals surface area contributed by atoms with Gasteiger partial charge in [0.15, 0.2) is 5.84 Å². The molecule has 7 heteroatoms. The predicted molar refractivity (Wildman–Crippen MR) is 159 cm³/mol. The summed E-state index contributed by atoms with van der Waals surface area (Å²) in [5.41, 5.74) is 15.0. The average molecular weight is 502 g/mol. The second kappa shape index (κ2) is 14.2. The van der Waals surface area contributed by atoms with E-state index in [9.17, 15) is 0 Å². The van der Waals surface area contributed by atoms with Gasteiger partial charge in [-0.1, -0.05) is 68.2 Å². The number of rotatable bonds is 7. The maximum atomic E-state index is 6.21. The molecular formula is C30H43N7. The first-order valence-electron chi connectivity index (χ1n) is 13.4. The summed E-state index contributed by atoms with van der Waals surface area (Å²) in [7, 11) is 5.81. The molecule has 0 amide bonds. The van der Waals surface area contributed by atoms with Gasteiger partial charge >= 0.3 is 0 Å².